The molecule has 2 N–H and O–H groups in total. The second kappa shape index (κ2) is 5.26. The van der Waals surface area contributed by atoms with Crippen molar-refractivity contribution in [1.82, 2.24) is 5.48 Å². The molecule has 0 aliphatic carbocycles. The van der Waals surface area contributed by atoms with Crippen molar-refractivity contribution in [3.8, 4) is 5.75 Å². The molecule has 6 heteroatoms. The minimum atomic E-state index is -0.753. The Hall–Kier alpha value is -1.69. The van der Waals surface area contributed by atoms with Crippen molar-refractivity contribution in [2.24, 2.45) is 0 Å². The zero-order valence-electron chi connectivity index (χ0n) is 7.67. The molecule has 0 saturated heterocycles. The second-order valence-corrected chi connectivity index (χ2v) is 2.74. The predicted octanol–water partition coefficient (Wildman–Crippen LogP) is 1.24. The van der Waals surface area contributed by atoms with E-state index in [0.717, 1.165) is 12.1 Å². The Balaban J connectivity index is 2.47. The van der Waals surface area contributed by atoms with Crippen LogP contribution in [-0.2, 0) is 4.79 Å². The Bertz CT molecular complexity index is 337. The fraction of sp³-hybridized carbons (Fsp3) is 0.222. The summed E-state index contributed by atoms with van der Waals surface area (Å²) in [5.74, 6) is -2.14. The molecule has 0 spiro atoms. The standard InChI is InChI=1S/C9H9F2NO3/c10-6-3-7(11)5-8(4-6)15-2-1-9(13)12-14/h3-5,14H,1-2H2,(H,12,13). The van der Waals surface area contributed by atoms with Crippen LogP contribution in [0, 0.1) is 11.6 Å². The number of hydrogen-bond acceptors (Lipinski definition) is 3. The van der Waals surface area contributed by atoms with Gasteiger partial charge in [-0.25, -0.2) is 14.3 Å². The Kier molecular flexibility index (Phi) is 3.99. The summed E-state index contributed by atoms with van der Waals surface area (Å²) in [6.45, 7) is -0.0741. The number of ether oxygens (including phenoxy) is 1. The third kappa shape index (κ3) is 3.90. The van der Waals surface area contributed by atoms with E-state index in [-0.39, 0.29) is 18.8 Å². The first-order valence-corrected chi connectivity index (χ1v) is 4.13. The first-order valence-electron chi connectivity index (χ1n) is 4.13. The van der Waals surface area contributed by atoms with Gasteiger partial charge in [0.2, 0.25) is 5.91 Å². The molecule has 4 nitrogen and oxygen atoms in total. The fourth-order valence-corrected chi connectivity index (χ4v) is 0.929. The van der Waals surface area contributed by atoms with E-state index in [1.807, 2.05) is 0 Å². The van der Waals surface area contributed by atoms with E-state index in [1.165, 1.54) is 5.48 Å². The Morgan fingerprint density at radius 3 is 2.47 bits per heavy atom. The molecule has 1 aromatic carbocycles. The van der Waals surface area contributed by atoms with Gasteiger partial charge < -0.3 is 4.74 Å². The van der Waals surface area contributed by atoms with Gasteiger partial charge in [0.25, 0.3) is 0 Å². The average Bonchev–Trinajstić information content (AvgIpc) is 2.16. The quantitative estimate of drug-likeness (QED) is 0.589. The number of amides is 1. The van der Waals surface area contributed by atoms with E-state index in [1.54, 1.807) is 0 Å². The third-order valence-electron chi connectivity index (χ3n) is 1.56. The molecule has 0 radical (unpaired) electrons. The van der Waals surface area contributed by atoms with Gasteiger partial charge in [0, 0.05) is 18.2 Å². The summed E-state index contributed by atoms with van der Waals surface area (Å²) in [5.41, 5.74) is 1.41. The molecule has 0 heterocycles. The lowest BCUT2D eigenvalue weighted by Crippen LogP contribution is -2.20. The lowest BCUT2D eigenvalue weighted by atomic mass is 10.3. The van der Waals surface area contributed by atoms with Crippen LogP contribution < -0.4 is 10.2 Å². The van der Waals surface area contributed by atoms with Crippen LogP contribution in [0.3, 0.4) is 0 Å². The molecule has 0 atom stereocenters. The summed E-state index contributed by atoms with van der Waals surface area (Å²) in [7, 11) is 0. The van der Waals surface area contributed by atoms with Gasteiger partial charge in [-0.15, -0.1) is 0 Å². The number of halogens is 2. The first-order chi connectivity index (χ1) is 7.11. The number of rotatable bonds is 4. The maximum atomic E-state index is 12.6. The summed E-state index contributed by atoms with van der Waals surface area (Å²) < 4.78 is 30.2. The van der Waals surface area contributed by atoms with Crippen molar-refractivity contribution < 1.29 is 23.5 Å². The Morgan fingerprint density at radius 2 is 1.93 bits per heavy atom. The van der Waals surface area contributed by atoms with E-state index in [2.05, 4.69) is 0 Å². The number of nitrogens with one attached hydrogen (secondary N) is 1. The van der Waals surface area contributed by atoms with E-state index in [0.29, 0.717) is 6.07 Å². The van der Waals surface area contributed by atoms with Gasteiger partial charge in [0.1, 0.15) is 17.4 Å². The van der Waals surface area contributed by atoms with Crippen molar-refractivity contribution in [2.75, 3.05) is 6.61 Å². The van der Waals surface area contributed by atoms with Crippen LogP contribution in [0.4, 0.5) is 8.78 Å². The summed E-state index contributed by atoms with van der Waals surface area (Å²) in [5, 5.41) is 8.15. The molecule has 0 aliphatic heterocycles. The zero-order chi connectivity index (χ0) is 11.3. The molecular formula is C9H9F2NO3. The van der Waals surface area contributed by atoms with Gasteiger partial charge in [-0.2, -0.15) is 0 Å². The van der Waals surface area contributed by atoms with Gasteiger partial charge in [0.05, 0.1) is 13.0 Å². The molecular weight excluding hydrogens is 208 g/mol. The molecule has 0 unspecified atom stereocenters. The predicted molar refractivity (Wildman–Crippen MR) is 46.4 cm³/mol. The van der Waals surface area contributed by atoms with Crippen LogP contribution >= 0.6 is 0 Å². The number of hydrogen-bond donors (Lipinski definition) is 2. The highest BCUT2D eigenvalue weighted by Gasteiger charge is 2.03. The van der Waals surface area contributed by atoms with E-state index in [4.69, 9.17) is 9.94 Å². The van der Waals surface area contributed by atoms with Crippen molar-refractivity contribution in [3.05, 3.63) is 29.8 Å². The SMILES string of the molecule is O=C(CCOc1cc(F)cc(F)c1)NO. The van der Waals surface area contributed by atoms with Crippen LogP contribution in [0.15, 0.2) is 18.2 Å². The van der Waals surface area contributed by atoms with Crippen LogP contribution in [0.1, 0.15) is 6.42 Å². The summed E-state index contributed by atoms with van der Waals surface area (Å²) in [6, 6.07) is 2.72. The van der Waals surface area contributed by atoms with Crippen molar-refractivity contribution in [1.29, 1.82) is 0 Å². The smallest absolute Gasteiger partial charge is 0.246 e. The minimum Gasteiger partial charge on any atom is -0.493 e. The highest BCUT2D eigenvalue weighted by Crippen LogP contribution is 2.15. The molecule has 0 aromatic heterocycles. The normalized spacial score (nSPS) is 9.80. The minimum absolute atomic E-state index is 0.00163. The van der Waals surface area contributed by atoms with Crippen molar-refractivity contribution in [3.63, 3.8) is 0 Å². The molecule has 0 saturated carbocycles. The van der Waals surface area contributed by atoms with E-state index < -0.39 is 17.5 Å². The molecule has 1 rings (SSSR count). The van der Waals surface area contributed by atoms with Gasteiger partial charge >= 0.3 is 0 Å². The Morgan fingerprint density at radius 1 is 1.33 bits per heavy atom. The lowest BCUT2D eigenvalue weighted by molar-refractivity contribution is -0.129. The van der Waals surface area contributed by atoms with Gasteiger partial charge in [-0.3, -0.25) is 10.0 Å². The summed E-state index contributed by atoms with van der Waals surface area (Å²) >= 11 is 0. The average molecular weight is 217 g/mol. The molecule has 0 fully saturated rings. The topological polar surface area (TPSA) is 58.6 Å². The van der Waals surface area contributed by atoms with Gasteiger partial charge in [0.15, 0.2) is 0 Å². The molecule has 1 amide bonds. The van der Waals surface area contributed by atoms with E-state index in [9.17, 15) is 13.6 Å². The molecule has 0 aliphatic rings. The molecule has 0 bridgehead atoms. The number of hydroxylamine groups is 1. The maximum Gasteiger partial charge on any atom is 0.246 e. The molecule has 15 heavy (non-hydrogen) atoms. The summed E-state index contributed by atoms with van der Waals surface area (Å²) in [4.78, 5) is 10.5. The van der Waals surface area contributed by atoms with Crippen LogP contribution in [-0.4, -0.2) is 17.7 Å². The number of benzene rings is 1. The monoisotopic (exact) mass is 217 g/mol. The van der Waals surface area contributed by atoms with Crippen LogP contribution in [0.5, 0.6) is 5.75 Å². The fourth-order valence-electron chi connectivity index (χ4n) is 0.929. The second-order valence-electron chi connectivity index (χ2n) is 2.74. The highest BCUT2D eigenvalue weighted by molar-refractivity contribution is 5.74. The van der Waals surface area contributed by atoms with Crippen LogP contribution in [0.2, 0.25) is 0 Å². The first kappa shape index (κ1) is 11.4. The zero-order valence-corrected chi connectivity index (χ0v) is 7.67. The number of carbonyl (C=O) groups excluding carboxylic acids is 1. The third-order valence-corrected chi connectivity index (χ3v) is 1.56. The summed E-state index contributed by atoms with van der Waals surface area (Å²) in [6.07, 6.45) is -0.103. The maximum absolute atomic E-state index is 12.6. The highest BCUT2D eigenvalue weighted by atomic mass is 19.1. The van der Waals surface area contributed by atoms with E-state index >= 15 is 0 Å². The number of carbonyl (C=O) groups is 1. The van der Waals surface area contributed by atoms with Gasteiger partial charge in [-0.05, 0) is 0 Å². The Labute approximate surface area is 84.4 Å². The van der Waals surface area contributed by atoms with Crippen molar-refractivity contribution >= 4 is 5.91 Å². The van der Waals surface area contributed by atoms with Gasteiger partial charge in [-0.1, -0.05) is 0 Å². The largest absolute Gasteiger partial charge is 0.493 e. The molecule has 1 aromatic rings. The van der Waals surface area contributed by atoms with Crippen molar-refractivity contribution in [2.45, 2.75) is 6.42 Å². The van der Waals surface area contributed by atoms with Crippen LogP contribution in [0.25, 0.3) is 0 Å². The lowest BCUT2D eigenvalue weighted by Gasteiger charge is -2.05. The molecule has 82 valence electrons.